The van der Waals surface area contributed by atoms with E-state index in [2.05, 4.69) is 6.92 Å². The standard InChI is InChI=1S/C10H16O2/c1-10-4-2-7(3-5-10)6-8(10)9(11)12/h7-8H,2-6H2,1H3,(H,11,12). The smallest absolute Gasteiger partial charge is 0.307 e. The highest BCUT2D eigenvalue weighted by molar-refractivity contribution is 5.71. The van der Waals surface area contributed by atoms with Gasteiger partial charge >= 0.3 is 5.97 Å². The fourth-order valence-corrected chi connectivity index (χ4v) is 2.94. The average Bonchev–Trinajstić information content (AvgIpc) is 2.04. The van der Waals surface area contributed by atoms with Crippen molar-refractivity contribution in [2.24, 2.45) is 17.3 Å². The van der Waals surface area contributed by atoms with Crippen molar-refractivity contribution < 1.29 is 9.90 Å². The van der Waals surface area contributed by atoms with E-state index in [0.29, 0.717) is 5.92 Å². The van der Waals surface area contributed by atoms with Gasteiger partial charge in [0.2, 0.25) is 0 Å². The molecule has 3 aliphatic rings. The zero-order valence-corrected chi connectivity index (χ0v) is 7.55. The lowest BCUT2D eigenvalue weighted by Gasteiger charge is -2.48. The van der Waals surface area contributed by atoms with Gasteiger partial charge in [-0.25, -0.2) is 0 Å². The van der Waals surface area contributed by atoms with Gasteiger partial charge in [-0.3, -0.25) is 4.79 Å². The fraction of sp³-hybridized carbons (Fsp3) is 0.900. The Kier molecular flexibility index (Phi) is 1.67. The van der Waals surface area contributed by atoms with Crippen LogP contribution in [0.4, 0.5) is 0 Å². The van der Waals surface area contributed by atoms with E-state index in [1.54, 1.807) is 0 Å². The molecule has 2 bridgehead atoms. The van der Waals surface area contributed by atoms with Crippen molar-refractivity contribution in [1.29, 1.82) is 0 Å². The summed E-state index contributed by atoms with van der Waals surface area (Å²) in [6.45, 7) is 2.15. The predicted molar refractivity (Wildman–Crippen MR) is 45.8 cm³/mol. The van der Waals surface area contributed by atoms with Crippen molar-refractivity contribution in [3.63, 3.8) is 0 Å². The maximum Gasteiger partial charge on any atom is 0.307 e. The highest BCUT2D eigenvalue weighted by Gasteiger charge is 2.47. The van der Waals surface area contributed by atoms with Crippen molar-refractivity contribution in [2.75, 3.05) is 0 Å². The molecule has 12 heavy (non-hydrogen) atoms. The quantitative estimate of drug-likeness (QED) is 0.652. The normalized spacial score (nSPS) is 46.1. The molecule has 0 spiro atoms. The number of rotatable bonds is 1. The van der Waals surface area contributed by atoms with Crippen molar-refractivity contribution in [2.45, 2.75) is 39.0 Å². The zero-order chi connectivity index (χ0) is 8.77. The maximum absolute atomic E-state index is 10.9. The van der Waals surface area contributed by atoms with Gasteiger partial charge in [-0.05, 0) is 43.4 Å². The molecule has 3 rings (SSSR count). The first-order chi connectivity index (χ1) is 5.62. The summed E-state index contributed by atoms with van der Waals surface area (Å²) in [7, 11) is 0. The lowest BCUT2D eigenvalue weighted by atomic mass is 9.56. The third-order valence-corrected chi connectivity index (χ3v) is 3.96. The molecular formula is C10H16O2. The summed E-state index contributed by atoms with van der Waals surface area (Å²) in [5.41, 5.74) is 0.126. The van der Waals surface area contributed by atoms with Crippen molar-refractivity contribution in [3.05, 3.63) is 0 Å². The third kappa shape index (κ3) is 1.05. The summed E-state index contributed by atoms with van der Waals surface area (Å²) >= 11 is 0. The van der Waals surface area contributed by atoms with Gasteiger partial charge in [0.25, 0.3) is 0 Å². The Balaban J connectivity index is 2.20. The van der Waals surface area contributed by atoms with Crippen molar-refractivity contribution in [1.82, 2.24) is 0 Å². The SMILES string of the molecule is CC12CCC(CC1)CC2C(=O)O. The lowest BCUT2D eigenvalue weighted by molar-refractivity contribution is -0.152. The van der Waals surface area contributed by atoms with Crippen LogP contribution in [-0.4, -0.2) is 11.1 Å². The minimum Gasteiger partial charge on any atom is -0.481 e. The molecule has 2 heteroatoms. The van der Waals surface area contributed by atoms with Crippen LogP contribution in [0.25, 0.3) is 0 Å². The molecule has 3 aliphatic carbocycles. The van der Waals surface area contributed by atoms with Crippen LogP contribution in [-0.2, 0) is 4.79 Å². The molecule has 0 heterocycles. The van der Waals surface area contributed by atoms with Crippen LogP contribution in [0.3, 0.4) is 0 Å². The zero-order valence-electron chi connectivity index (χ0n) is 7.55. The Hall–Kier alpha value is -0.530. The molecule has 0 radical (unpaired) electrons. The first kappa shape index (κ1) is 8.09. The first-order valence-electron chi connectivity index (χ1n) is 4.85. The molecule has 0 aromatic rings. The van der Waals surface area contributed by atoms with E-state index in [1.165, 1.54) is 12.8 Å². The predicted octanol–water partition coefficient (Wildman–Crippen LogP) is 2.29. The van der Waals surface area contributed by atoms with Gasteiger partial charge in [0.15, 0.2) is 0 Å². The molecule has 3 saturated carbocycles. The monoisotopic (exact) mass is 168 g/mol. The Morgan fingerprint density at radius 2 is 2.00 bits per heavy atom. The van der Waals surface area contributed by atoms with E-state index in [-0.39, 0.29) is 11.3 Å². The number of aliphatic carboxylic acids is 1. The molecular weight excluding hydrogens is 152 g/mol. The summed E-state index contributed by atoms with van der Waals surface area (Å²) in [5.74, 6) is 0.0971. The van der Waals surface area contributed by atoms with E-state index in [9.17, 15) is 4.79 Å². The highest BCUT2D eigenvalue weighted by Crippen LogP contribution is 2.53. The first-order valence-corrected chi connectivity index (χ1v) is 4.85. The molecule has 0 aromatic heterocycles. The third-order valence-electron chi connectivity index (χ3n) is 3.96. The lowest BCUT2D eigenvalue weighted by Crippen LogP contribution is -2.43. The molecule has 1 atom stereocenters. The number of carboxylic acid groups (broad SMARTS) is 1. The number of fused-ring (bicyclic) bond motifs is 3. The molecule has 3 fully saturated rings. The Bertz CT molecular complexity index is 202. The summed E-state index contributed by atoms with van der Waals surface area (Å²) in [6, 6.07) is 0. The van der Waals surface area contributed by atoms with Crippen LogP contribution >= 0.6 is 0 Å². The largest absolute Gasteiger partial charge is 0.481 e. The van der Waals surface area contributed by atoms with Gasteiger partial charge in [0.1, 0.15) is 0 Å². The van der Waals surface area contributed by atoms with Crippen LogP contribution < -0.4 is 0 Å². The van der Waals surface area contributed by atoms with Crippen LogP contribution in [0.5, 0.6) is 0 Å². The number of carboxylic acids is 1. The van der Waals surface area contributed by atoms with Gasteiger partial charge in [0.05, 0.1) is 5.92 Å². The van der Waals surface area contributed by atoms with E-state index in [4.69, 9.17) is 5.11 Å². The summed E-state index contributed by atoms with van der Waals surface area (Å²) < 4.78 is 0. The second-order valence-electron chi connectivity index (χ2n) is 4.72. The summed E-state index contributed by atoms with van der Waals surface area (Å²) in [6.07, 6.45) is 5.73. The molecule has 0 saturated heterocycles. The number of carbonyl (C=O) groups is 1. The second kappa shape index (κ2) is 2.48. The maximum atomic E-state index is 10.9. The van der Waals surface area contributed by atoms with E-state index < -0.39 is 5.97 Å². The van der Waals surface area contributed by atoms with E-state index >= 15 is 0 Å². The van der Waals surface area contributed by atoms with Gasteiger partial charge in [-0.1, -0.05) is 6.92 Å². The van der Waals surface area contributed by atoms with Crippen molar-refractivity contribution in [3.8, 4) is 0 Å². The van der Waals surface area contributed by atoms with Gasteiger partial charge in [0, 0.05) is 0 Å². The van der Waals surface area contributed by atoms with Crippen LogP contribution in [0, 0.1) is 17.3 Å². The molecule has 68 valence electrons. The average molecular weight is 168 g/mol. The Morgan fingerprint density at radius 1 is 1.42 bits per heavy atom. The fourth-order valence-electron chi connectivity index (χ4n) is 2.94. The highest BCUT2D eigenvalue weighted by atomic mass is 16.4. The van der Waals surface area contributed by atoms with E-state index in [0.717, 1.165) is 19.3 Å². The molecule has 0 aliphatic heterocycles. The topological polar surface area (TPSA) is 37.3 Å². The number of hydrogen-bond acceptors (Lipinski definition) is 1. The van der Waals surface area contributed by atoms with E-state index in [1.807, 2.05) is 0 Å². The van der Waals surface area contributed by atoms with Gasteiger partial charge in [-0.2, -0.15) is 0 Å². The molecule has 0 aromatic carbocycles. The molecule has 0 amide bonds. The summed E-state index contributed by atoms with van der Waals surface area (Å²) in [5, 5.41) is 9.03. The minimum atomic E-state index is -0.568. The Labute approximate surface area is 73.0 Å². The van der Waals surface area contributed by atoms with Crippen LogP contribution in [0.1, 0.15) is 39.0 Å². The number of hydrogen-bond donors (Lipinski definition) is 1. The summed E-state index contributed by atoms with van der Waals surface area (Å²) in [4.78, 5) is 10.9. The minimum absolute atomic E-state index is 0.0509. The van der Waals surface area contributed by atoms with Crippen LogP contribution in [0.2, 0.25) is 0 Å². The van der Waals surface area contributed by atoms with Gasteiger partial charge in [-0.15, -0.1) is 0 Å². The molecule has 1 unspecified atom stereocenters. The Morgan fingerprint density at radius 3 is 2.33 bits per heavy atom. The second-order valence-corrected chi connectivity index (χ2v) is 4.72. The molecule has 1 N–H and O–H groups in total. The molecule has 2 nitrogen and oxygen atoms in total. The van der Waals surface area contributed by atoms with Crippen molar-refractivity contribution >= 4 is 5.97 Å². The van der Waals surface area contributed by atoms with Crippen LogP contribution in [0.15, 0.2) is 0 Å². The van der Waals surface area contributed by atoms with Gasteiger partial charge < -0.3 is 5.11 Å².